The Kier molecular flexibility index (Phi) is 7.57. The molecule has 0 aliphatic heterocycles. The number of carbonyl (C=O) groups is 1. The number of ketones is 1. The molecule has 0 atom stereocenters. The van der Waals surface area contributed by atoms with Crippen LogP contribution in [0, 0.1) is 32.1 Å². The van der Waals surface area contributed by atoms with Crippen molar-refractivity contribution in [1.82, 2.24) is 4.57 Å². The molecule has 0 aliphatic rings. The van der Waals surface area contributed by atoms with Gasteiger partial charge < -0.3 is 14.6 Å². The third-order valence-corrected chi connectivity index (χ3v) is 4.80. The Morgan fingerprint density at radius 2 is 1.97 bits per heavy atom. The van der Waals surface area contributed by atoms with E-state index < -0.39 is 17.2 Å². The van der Waals surface area contributed by atoms with E-state index in [1.807, 2.05) is 39.0 Å². The Hall–Kier alpha value is -3.11. The fraction of sp³-hybridized carbons (Fsp3) is 0.409. The average molecular weight is 398 g/mol. The lowest BCUT2D eigenvalue weighted by Crippen LogP contribution is -2.28. The second-order valence-electron chi connectivity index (χ2n) is 6.78. The molecule has 7 nitrogen and oxygen atoms in total. The van der Waals surface area contributed by atoms with Crippen LogP contribution in [0.3, 0.4) is 0 Å². The van der Waals surface area contributed by atoms with Crippen molar-refractivity contribution in [3.63, 3.8) is 0 Å². The van der Waals surface area contributed by atoms with Crippen molar-refractivity contribution in [3.8, 4) is 17.7 Å². The minimum Gasteiger partial charge on any atom is -0.494 e. The van der Waals surface area contributed by atoms with Crippen LogP contribution < -0.4 is 10.3 Å². The van der Waals surface area contributed by atoms with Crippen molar-refractivity contribution < 1.29 is 19.4 Å². The number of hydrogen-bond donors (Lipinski definition) is 1. The Balaban J connectivity index is 2.32. The van der Waals surface area contributed by atoms with Crippen molar-refractivity contribution >= 4 is 5.78 Å². The van der Waals surface area contributed by atoms with Crippen LogP contribution >= 0.6 is 0 Å². The van der Waals surface area contributed by atoms with Gasteiger partial charge in [-0.15, -0.1) is 0 Å². The van der Waals surface area contributed by atoms with Crippen LogP contribution in [0.2, 0.25) is 0 Å². The van der Waals surface area contributed by atoms with Gasteiger partial charge in [0.1, 0.15) is 17.4 Å². The lowest BCUT2D eigenvalue weighted by molar-refractivity contribution is 0.0916. The number of carbonyl (C=O) groups excluding carboxylic acids is 1. The summed E-state index contributed by atoms with van der Waals surface area (Å²) < 4.78 is 11.9. The van der Waals surface area contributed by atoms with Crippen LogP contribution in [-0.2, 0) is 11.3 Å². The predicted octanol–water partition coefficient (Wildman–Crippen LogP) is 3.04. The normalized spacial score (nSPS) is 10.6. The second kappa shape index (κ2) is 9.89. The third kappa shape index (κ3) is 5.04. The number of Topliss-reactive ketones (excluding diaryl/α,β-unsaturated/α-hetero) is 1. The molecule has 0 radical (unpaired) electrons. The zero-order chi connectivity index (χ0) is 21.6. The minimum absolute atomic E-state index is 0.0682. The summed E-state index contributed by atoms with van der Waals surface area (Å²) in [6, 6.07) is 7.33. The van der Waals surface area contributed by atoms with Gasteiger partial charge in [0.2, 0.25) is 11.7 Å². The Morgan fingerprint density at radius 3 is 2.59 bits per heavy atom. The van der Waals surface area contributed by atoms with Crippen LogP contribution in [0.5, 0.6) is 11.6 Å². The van der Waals surface area contributed by atoms with Crippen molar-refractivity contribution in [2.24, 2.45) is 0 Å². The Morgan fingerprint density at radius 1 is 1.24 bits per heavy atom. The molecule has 1 heterocycles. The van der Waals surface area contributed by atoms with Gasteiger partial charge in [-0.25, -0.2) is 0 Å². The highest BCUT2D eigenvalue weighted by atomic mass is 16.5. The summed E-state index contributed by atoms with van der Waals surface area (Å²) >= 11 is 0. The molecule has 0 unspecified atom stereocenters. The molecule has 1 aromatic heterocycles. The SMILES string of the molecule is CCOCCCn1c(O)c(C(=O)COc2ccc(C)c(C)c2)c(C)c(C#N)c1=O. The summed E-state index contributed by atoms with van der Waals surface area (Å²) in [6.07, 6.45) is 0.460. The van der Waals surface area contributed by atoms with E-state index in [4.69, 9.17) is 9.47 Å². The summed E-state index contributed by atoms with van der Waals surface area (Å²) in [6.45, 7) is 8.01. The van der Waals surface area contributed by atoms with E-state index in [-0.39, 0.29) is 29.8 Å². The number of rotatable bonds is 9. The van der Waals surface area contributed by atoms with Gasteiger partial charge in [-0.3, -0.25) is 14.2 Å². The molecule has 0 aliphatic carbocycles. The maximum atomic E-state index is 12.8. The van der Waals surface area contributed by atoms with E-state index in [0.717, 1.165) is 15.7 Å². The Bertz CT molecular complexity index is 1000. The number of ether oxygens (including phenoxy) is 2. The average Bonchev–Trinajstić information content (AvgIpc) is 2.68. The molecule has 154 valence electrons. The number of aryl methyl sites for hydroxylation is 2. The van der Waals surface area contributed by atoms with Crippen LogP contribution in [0.1, 0.15) is 46.0 Å². The van der Waals surface area contributed by atoms with Gasteiger partial charge in [-0.05, 0) is 62.9 Å². The Labute approximate surface area is 170 Å². The smallest absolute Gasteiger partial charge is 0.271 e. The summed E-state index contributed by atoms with van der Waals surface area (Å²) in [4.78, 5) is 25.3. The number of nitrogens with zero attached hydrogens (tertiary/aromatic N) is 2. The van der Waals surface area contributed by atoms with E-state index in [9.17, 15) is 20.0 Å². The molecular weight excluding hydrogens is 372 g/mol. The third-order valence-electron chi connectivity index (χ3n) is 4.80. The molecule has 0 saturated heterocycles. The lowest BCUT2D eigenvalue weighted by atomic mass is 10.0. The van der Waals surface area contributed by atoms with Crippen molar-refractivity contribution in [2.45, 2.75) is 40.7 Å². The van der Waals surface area contributed by atoms with Crippen LogP contribution in [-0.4, -0.2) is 35.3 Å². The number of nitriles is 1. The first-order chi connectivity index (χ1) is 13.8. The van der Waals surface area contributed by atoms with E-state index in [1.165, 1.54) is 6.92 Å². The number of pyridine rings is 1. The van der Waals surface area contributed by atoms with E-state index in [1.54, 1.807) is 6.07 Å². The molecule has 0 bridgehead atoms. The van der Waals surface area contributed by atoms with E-state index in [0.29, 0.717) is 25.4 Å². The first-order valence-corrected chi connectivity index (χ1v) is 9.49. The maximum Gasteiger partial charge on any atom is 0.271 e. The van der Waals surface area contributed by atoms with Gasteiger partial charge in [-0.1, -0.05) is 6.07 Å². The molecule has 1 N–H and O–H groups in total. The lowest BCUT2D eigenvalue weighted by Gasteiger charge is -2.16. The summed E-state index contributed by atoms with van der Waals surface area (Å²) in [5.74, 6) is -0.422. The zero-order valence-corrected chi connectivity index (χ0v) is 17.2. The quantitative estimate of drug-likeness (QED) is 0.515. The monoisotopic (exact) mass is 398 g/mol. The highest BCUT2D eigenvalue weighted by molar-refractivity contribution is 6.01. The van der Waals surface area contributed by atoms with Crippen molar-refractivity contribution in [3.05, 3.63) is 56.4 Å². The molecule has 2 rings (SSSR count). The molecule has 0 saturated carbocycles. The fourth-order valence-electron chi connectivity index (χ4n) is 2.99. The molecule has 2 aromatic rings. The van der Waals surface area contributed by atoms with Gasteiger partial charge in [0.25, 0.3) is 5.56 Å². The summed E-state index contributed by atoms with van der Waals surface area (Å²) in [7, 11) is 0. The largest absolute Gasteiger partial charge is 0.494 e. The fourth-order valence-corrected chi connectivity index (χ4v) is 2.99. The molecular formula is C22H26N2O5. The van der Waals surface area contributed by atoms with Crippen LogP contribution in [0.4, 0.5) is 0 Å². The number of hydrogen-bond acceptors (Lipinski definition) is 6. The number of benzene rings is 1. The number of aromatic hydroxyl groups is 1. The zero-order valence-electron chi connectivity index (χ0n) is 17.2. The molecule has 29 heavy (non-hydrogen) atoms. The van der Waals surface area contributed by atoms with Gasteiger partial charge in [0, 0.05) is 19.8 Å². The summed E-state index contributed by atoms with van der Waals surface area (Å²) in [5.41, 5.74) is 1.45. The number of aromatic nitrogens is 1. The molecule has 1 aromatic carbocycles. The van der Waals surface area contributed by atoms with Crippen molar-refractivity contribution in [2.75, 3.05) is 19.8 Å². The van der Waals surface area contributed by atoms with Gasteiger partial charge in [-0.2, -0.15) is 5.26 Å². The van der Waals surface area contributed by atoms with Crippen LogP contribution in [0.15, 0.2) is 23.0 Å². The topological polar surface area (TPSA) is 102 Å². The predicted molar refractivity (Wildman–Crippen MR) is 109 cm³/mol. The minimum atomic E-state index is -0.620. The van der Waals surface area contributed by atoms with Crippen molar-refractivity contribution in [1.29, 1.82) is 5.26 Å². The molecule has 0 amide bonds. The van der Waals surface area contributed by atoms with Gasteiger partial charge >= 0.3 is 0 Å². The maximum absolute atomic E-state index is 12.8. The van der Waals surface area contributed by atoms with Gasteiger partial charge in [0.15, 0.2) is 6.61 Å². The van der Waals surface area contributed by atoms with E-state index in [2.05, 4.69) is 0 Å². The second-order valence-corrected chi connectivity index (χ2v) is 6.78. The highest BCUT2D eigenvalue weighted by Gasteiger charge is 2.24. The molecule has 0 fully saturated rings. The van der Waals surface area contributed by atoms with Gasteiger partial charge in [0.05, 0.1) is 5.56 Å². The first kappa shape index (κ1) is 22.2. The van der Waals surface area contributed by atoms with E-state index >= 15 is 0 Å². The first-order valence-electron chi connectivity index (χ1n) is 9.49. The van der Waals surface area contributed by atoms with Crippen LogP contribution in [0.25, 0.3) is 0 Å². The summed E-state index contributed by atoms with van der Waals surface area (Å²) in [5, 5.41) is 20.0. The molecule has 0 spiro atoms. The molecule has 7 heteroatoms. The highest BCUT2D eigenvalue weighted by Crippen LogP contribution is 2.23. The standard InChI is InChI=1S/C22H26N2O5/c1-5-28-10-6-9-24-21(26)18(12-23)16(4)20(22(24)27)19(25)13-29-17-8-7-14(2)15(3)11-17/h7-8,11,27H,5-6,9-10,13H2,1-4H3.